The van der Waals surface area contributed by atoms with Crippen LogP contribution in [-0.2, 0) is 4.79 Å². The molecule has 0 aliphatic carbocycles. The number of imidazole rings is 1. The maximum atomic E-state index is 10.1. The first-order valence-corrected chi connectivity index (χ1v) is 5.68. The summed E-state index contributed by atoms with van der Waals surface area (Å²) in [5.41, 5.74) is 7.77. The third kappa shape index (κ3) is 2.18. The van der Waals surface area contributed by atoms with Gasteiger partial charge in [0.25, 0.3) is 0 Å². The second kappa shape index (κ2) is 4.61. The van der Waals surface area contributed by atoms with Crippen molar-refractivity contribution in [3.05, 3.63) is 28.5 Å². The average Bonchev–Trinajstić information content (AvgIpc) is 2.57. The van der Waals surface area contributed by atoms with Gasteiger partial charge in [0.2, 0.25) is 5.88 Å². The Morgan fingerprint density at radius 3 is 3.18 bits per heavy atom. The monoisotopic (exact) mass is 295 g/mol. The molecule has 0 unspecified atom stereocenters. The van der Waals surface area contributed by atoms with E-state index in [-0.39, 0.29) is 6.61 Å². The van der Waals surface area contributed by atoms with Crippen molar-refractivity contribution in [2.45, 2.75) is 6.92 Å². The van der Waals surface area contributed by atoms with E-state index in [4.69, 9.17) is 10.5 Å². The van der Waals surface area contributed by atoms with E-state index in [0.29, 0.717) is 22.9 Å². The zero-order valence-electron chi connectivity index (χ0n) is 9.11. The molecule has 0 atom stereocenters. The highest BCUT2D eigenvalue weighted by molar-refractivity contribution is 9.10. The summed E-state index contributed by atoms with van der Waals surface area (Å²) in [5.74, 6) is 2.23. The van der Waals surface area contributed by atoms with Gasteiger partial charge >= 0.3 is 0 Å². The van der Waals surface area contributed by atoms with Gasteiger partial charge in [-0.1, -0.05) is 0 Å². The lowest BCUT2D eigenvalue weighted by Gasteiger charge is -2.04. The summed E-state index contributed by atoms with van der Waals surface area (Å²) >= 11 is 3.35. The predicted molar refractivity (Wildman–Crippen MR) is 67.8 cm³/mol. The molecule has 0 amide bonds. The van der Waals surface area contributed by atoms with Crippen molar-refractivity contribution in [3.8, 4) is 5.88 Å². The molecule has 0 fully saturated rings. The molecule has 88 valence electrons. The Hall–Kier alpha value is -1.78. The van der Waals surface area contributed by atoms with Gasteiger partial charge in [0, 0.05) is 16.7 Å². The first kappa shape index (κ1) is 11.7. The number of fused-ring (bicyclic) bond motifs is 1. The summed E-state index contributed by atoms with van der Waals surface area (Å²) in [7, 11) is 0. The maximum Gasteiger partial charge on any atom is 0.221 e. The van der Waals surface area contributed by atoms with Crippen LogP contribution in [0.1, 0.15) is 5.69 Å². The molecule has 0 aliphatic heterocycles. The molecular formula is C11H10BrN3O2. The molecule has 0 aromatic carbocycles. The average molecular weight is 296 g/mol. The Morgan fingerprint density at radius 2 is 2.47 bits per heavy atom. The van der Waals surface area contributed by atoms with E-state index in [1.165, 1.54) is 6.08 Å². The van der Waals surface area contributed by atoms with Gasteiger partial charge in [0.1, 0.15) is 18.2 Å². The van der Waals surface area contributed by atoms with Crippen LogP contribution >= 0.6 is 15.9 Å². The summed E-state index contributed by atoms with van der Waals surface area (Å²) < 4.78 is 8.02. The summed E-state index contributed by atoms with van der Waals surface area (Å²) in [5, 5.41) is 0. The van der Waals surface area contributed by atoms with Crippen LogP contribution in [0.5, 0.6) is 5.88 Å². The van der Waals surface area contributed by atoms with Crippen molar-refractivity contribution in [2.75, 3.05) is 12.3 Å². The molecule has 0 bridgehead atoms. The highest BCUT2D eigenvalue weighted by Crippen LogP contribution is 2.26. The van der Waals surface area contributed by atoms with Crippen molar-refractivity contribution >= 4 is 33.2 Å². The molecule has 2 aromatic heterocycles. The summed E-state index contributed by atoms with van der Waals surface area (Å²) in [6.07, 6.45) is 3.08. The number of ether oxygens (including phenoxy) is 1. The fourth-order valence-electron chi connectivity index (χ4n) is 1.56. The van der Waals surface area contributed by atoms with Crippen LogP contribution in [0.25, 0.3) is 5.65 Å². The van der Waals surface area contributed by atoms with Gasteiger partial charge in [-0.15, -0.1) is 0 Å². The van der Waals surface area contributed by atoms with E-state index < -0.39 is 0 Å². The highest BCUT2D eigenvalue weighted by Gasteiger charge is 2.12. The Balaban J connectivity index is 2.54. The minimum absolute atomic E-state index is 0.157. The number of aromatic nitrogens is 2. The van der Waals surface area contributed by atoms with Gasteiger partial charge in [0.05, 0.1) is 5.69 Å². The number of nitrogens with zero attached hydrogens (tertiary/aromatic N) is 2. The zero-order valence-corrected chi connectivity index (χ0v) is 10.7. The summed E-state index contributed by atoms with van der Waals surface area (Å²) in [6.45, 7) is 1.98. The van der Waals surface area contributed by atoms with Gasteiger partial charge < -0.3 is 10.5 Å². The molecule has 0 spiro atoms. The van der Waals surface area contributed by atoms with Gasteiger partial charge in [-0.3, -0.25) is 4.40 Å². The normalized spacial score (nSPS) is 10.2. The molecule has 0 saturated carbocycles. The summed E-state index contributed by atoms with van der Waals surface area (Å²) in [6, 6.07) is 1.77. The topological polar surface area (TPSA) is 69.6 Å². The van der Waals surface area contributed by atoms with E-state index in [0.717, 1.165) is 4.47 Å². The Bertz CT molecular complexity index is 615. The number of hydrogen-bond donors (Lipinski definition) is 1. The number of pyridine rings is 1. The van der Waals surface area contributed by atoms with Crippen LogP contribution in [0.2, 0.25) is 0 Å². The lowest BCUT2D eigenvalue weighted by molar-refractivity contribution is 0.343. The third-order valence-electron chi connectivity index (χ3n) is 2.22. The van der Waals surface area contributed by atoms with Gasteiger partial charge in [0.15, 0.2) is 5.65 Å². The molecule has 0 radical (unpaired) electrons. The number of anilines is 1. The first-order valence-electron chi connectivity index (χ1n) is 4.89. The quantitative estimate of drug-likeness (QED) is 0.876. The number of aryl methyl sites for hydroxylation is 1. The van der Waals surface area contributed by atoms with Crippen molar-refractivity contribution in [1.29, 1.82) is 0 Å². The second-order valence-corrected chi connectivity index (χ2v) is 4.36. The molecule has 2 N–H and O–H groups in total. The maximum absolute atomic E-state index is 10.1. The molecule has 5 nitrogen and oxygen atoms in total. The largest absolute Gasteiger partial charge is 0.472 e. The molecular weight excluding hydrogens is 286 g/mol. The lowest BCUT2D eigenvalue weighted by atomic mass is 10.4. The SMILES string of the molecule is Cc1nc2c(N)cc(Br)cn2c1OCC=C=O. The van der Waals surface area contributed by atoms with E-state index in [9.17, 15) is 4.79 Å². The molecule has 0 aliphatic rings. The molecule has 2 aromatic rings. The number of halogens is 1. The van der Waals surface area contributed by atoms with Crippen molar-refractivity contribution in [3.63, 3.8) is 0 Å². The fraction of sp³-hybridized carbons (Fsp3) is 0.182. The molecule has 0 saturated heterocycles. The standard InChI is InChI=1S/C11H10BrN3O2/c1-7-11(17-4-2-3-16)15-6-8(12)5-9(13)10(15)14-7/h2,5-6H,4,13H2,1H3. The van der Waals surface area contributed by atoms with Crippen LogP contribution in [0, 0.1) is 6.92 Å². The zero-order chi connectivity index (χ0) is 12.4. The summed E-state index contributed by atoms with van der Waals surface area (Å²) in [4.78, 5) is 14.4. The molecule has 2 rings (SSSR count). The molecule has 17 heavy (non-hydrogen) atoms. The van der Waals surface area contributed by atoms with E-state index >= 15 is 0 Å². The van der Waals surface area contributed by atoms with Gasteiger partial charge in [-0.25, -0.2) is 9.78 Å². The lowest BCUT2D eigenvalue weighted by Crippen LogP contribution is -1.99. The van der Waals surface area contributed by atoms with Crippen molar-refractivity contribution in [2.24, 2.45) is 0 Å². The van der Waals surface area contributed by atoms with E-state index in [1.54, 1.807) is 16.4 Å². The number of hydrogen-bond acceptors (Lipinski definition) is 4. The fourth-order valence-corrected chi connectivity index (χ4v) is 2.01. The van der Waals surface area contributed by atoms with Crippen LogP contribution in [0.4, 0.5) is 5.69 Å². The van der Waals surface area contributed by atoms with Crippen LogP contribution in [0.3, 0.4) is 0 Å². The smallest absolute Gasteiger partial charge is 0.221 e. The third-order valence-corrected chi connectivity index (χ3v) is 2.65. The second-order valence-electron chi connectivity index (χ2n) is 3.44. The number of nitrogens with two attached hydrogens (primary N) is 1. The van der Waals surface area contributed by atoms with Crippen LogP contribution in [-0.4, -0.2) is 21.9 Å². The molecule has 6 heteroatoms. The Labute approximate surface area is 106 Å². The van der Waals surface area contributed by atoms with Crippen molar-refractivity contribution in [1.82, 2.24) is 9.38 Å². The Kier molecular flexibility index (Phi) is 3.17. The predicted octanol–water partition coefficient (Wildman–Crippen LogP) is 1.75. The first-order chi connectivity index (χ1) is 8.13. The number of carbonyl (C=O) groups excluding carboxylic acids is 1. The minimum atomic E-state index is 0.157. The van der Waals surface area contributed by atoms with Crippen LogP contribution in [0.15, 0.2) is 22.8 Å². The van der Waals surface area contributed by atoms with Crippen LogP contribution < -0.4 is 10.5 Å². The van der Waals surface area contributed by atoms with Crippen molar-refractivity contribution < 1.29 is 9.53 Å². The highest BCUT2D eigenvalue weighted by atomic mass is 79.9. The van der Waals surface area contributed by atoms with Gasteiger partial charge in [-0.05, 0) is 28.9 Å². The minimum Gasteiger partial charge on any atom is -0.472 e. The van der Waals surface area contributed by atoms with Gasteiger partial charge in [-0.2, -0.15) is 0 Å². The molecule has 2 heterocycles. The number of nitrogen functional groups attached to an aromatic ring is 1. The van der Waals surface area contributed by atoms with E-state index in [2.05, 4.69) is 20.9 Å². The number of rotatable bonds is 3. The Morgan fingerprint density at radius 1 is 1.71 bits per heavy atom. The van der Waals surface area contributed by atoms with E-state index in [1.807, 2.05) is 13.1 Å².